The highest BCUT2D eigenvalue weighted by Gasteiger charge is 2.44. The maximum atomic E-state index is 4.66. The minimum atomic E-state index is -0.0476. The van der Waals surface area contributed by atoms with Gasteiger partial charge in [0.2, 0.25) is 6.17 Å². The predicted molar refractivity (Wildman–Crippen MR) is 81.3 cm³/mol. The molecule has 0 spiro atoms. The standard InChI is InChI=1S/C13H12N5S2.BrH/c1-8-15-17-11(10-6-4-3-5-7-10)18-13(14-12(17)19-8)20-9(2)16-18;/h3-7,11H,1-2H3;1H/q+1;/p-1. The smallest absolute Gasteiger partial charge is 0.409 e. The lowest BCUT2D eigenvalue weighted by molar-refractivity contribution is -0.770. The first kappa shape index (κ1) is 14.7. The van der Waals surface area contributed by atoms with Crippen molar-refractivity contribution in [1.29, 1.82) is 0 Å². The Morgan fingerprint density at radius 1 is 1.19 bits per heavy atom. The molecule has 21 heavy (non-hydrogen) atoms. The largest absolute Gasteiger partial charge is 1.00 e. The quantitative estimate of drug-likeness (QED) is 0.635. The second kappa shape index (κ2) is 5.51. The van der Waals surface area contributed by atoms with Crippen molar-refractivity contribution in [2.24, 2.45) is 10.1 Å². The third-order valence-electron chi connectivity index (χ3n) is 3.12. The highest BCUT2D eigenvalue weighted by molar-refractivity contribution is 8.26. The van der Waals surface area contributed by atoms with Crippen LogP contribution < -0.4 is 21.7 Å². The molecule has 2 aliphatic heterocycles. The van der Waals surface area contributed by atoms with Gasteiger partial charge in [-0.3, -0.25) is 0 Å². The molecule has 1 atom stereocenters. The summed E-state index contributed by atoms with van der Waals surface area (Å²) in [6.07, 6.45) is -0.0476. The average molecular weight is 382 g/mol. The highest BCUT2D eigenvalue weighted by atomic mass is 79.9. The lowest BCUT2D eigenvalue weighted by Gasteiger charge is -2.22. The molecule has 0 saturated heterocycles. The van der Waals surface area contributed by atoms with Crippen molar-refractivity contribution < 1.29 is 21.7 Å². The van der Waals surface area contributed by atoms with Gasteiger partial charge in [0.05, 0.1) is 0 Å². The van der Waals surface area contributed by atoms with Gasteiger partial charge in [-0.25, -0.2) is 0 Å². The van der Waals surface area contributed by atoms with E-state index in [1.165, 1.54) is 0 Å². The normalized spacial score (nSPS) is 19.3. The number of hydrogen-bond acceptors (Lipinski definition) is 6. The van der Waals surface area contributed by atoms with E-state index in [4.69, 9.17) is 0 Å². The molecule has 1 aromatic carbocycles. The molecule has 0 amide bonds. The van der Waals surface area contributed by atoms with E-state index in [0.29, 0.717) is 0 Å². The van der Waals surface area contributed by atoms with Gasteiger partial charge in [-0.15, -0.1) is 0 Å². The van der Waals surface area contributed by atoms with Gasteiger partial charge in [0, 0.05) is 10.6 Å². The van der Waals surface area contributed by atoms with Crippen molar-refractivity contribution in [1.82, 2.24) is 10.1 Å². The van der Waals surface area contributed by atoms with Crippen LogP contribution in [0.5, 0.6) is 0 Å². The number of aromatic nitrogens is 2. The van der Waals surface area contributed by atoms with E-state index in [-0.39, 0.29) is 23.1 Å². The second-order valence-electron chi connectivity index (χ2n) is 4.59. The van der Waals surface area contributed by atoms with E-state index >= 15 is 0 Å². The fourth-order valence-electron chi connectivity index (χ4n) is 2.35. The third-order valence-corrected chi connectivity index (χ3v) is 4.80. The van der Waals surface area contributed by atoms with Crippen LogP contribution in [0, 0.1) is 6.92 Å². The SMILES string of the molecule is CC1=NN2C(=Nc3sc(C)n[n+]3C2c2ccccc2)S1.[Br-]. The molecule has 0 N–H and O–H groups in total. The fraction of sp³-hybridized carbons (Fsp3) is 0.231. The molecule has 2 aromatic rings. The van der Waals surface area contributed by atoms with Crippen LogP contribution in [0.4, 0.5) is 5.13 Å². The van der Waals surface area contributed by atoms with E-state index in [1.54, 1.807) is 23.1 Å². The number of rotatable bonds is 1. The molecule has 5 nitrogen and oxygen atoms in total. The zero-order valence-corrected chi connectivity index (χ0v) is 14.6. The number of aliphatic imine (C=N–C) groups is 1. The number of fused-ring (bicyclic) bond motifs is 2. The first-order chi connectivity index (χ1) is 9.72. The van der Waals surface area contributed by atoms with Crippen LogP contribution in [0.15, 0.2) is 40.4 Å². The van der Waals surface area contributed by atoms with Crippen molar-refractivity contribution in [3.05, 3.63) is 40.9 Å². The summed E-state index contributed by atoms with van der Waals surface area (Å²) in [5.74, 6) is 0. The lowest BCUT2D eigenvalue weighted by Crippen LogP contribution is -3.00. The van der Waals surface area contributed by atoms with Gasteiger partial charge < -0.3 is 17.0 Å². The number of amidine groups is 1. The summed E-state index contributed by atoms with van der Waals surface area (Å²) >= 11 is 3.22. The van der Waals surface area contributed by atoms with Crippen LogP contribution in [-0.4, -0.2) is 20.3 Å². The molecule has 2 aliphatic rings. The third kappa shape index (κ3) is 2.41. The molecule has 3 heterocycles. The summed E-state index contributed by atoms with van der Waals surface area (Å²) in [5, 5.41) is 15.0. The number of nitrogens with zero attached hydrogens (tertiary/aromatic N) is 5. The van der Waals surface area contributed by atoms with Crippen LogP contribution in [0.1, 0.15) is 23.7 Å². The van der Waals surface area contributed by atoms with Crippen molar-refractivity contribution >= 4 is 38.4 Å². The van der Waals surface area contributed by atoms with Crippen LogP contribution in [0.25, 0.3) is 0 Å². The van der Waals surface area contributed by atoms with E-state index in [2.05, 4.69) is 27.3 Å². The first-order valence-electron chi connectivity index (χ1n) is 6.27. The molecule has 0 aliphatic carbocycles. The Balaban J connectivity index is 0.00000132. The van der Waals surface area contributed by atoms with Gasteiger partial charge in [0.15, 0.2) is 0 Å². The molecule has 1 unspecified atom stereocenters. The van der Waals surface area contributed by atoms with Gasteiger partial charge in [-0.2, -0.15) is 10.1 Å². The van der Waals surface area contributed by atoms with E-state index in [1.807, 2.05) is 41.7 Å². The number of thioether (sulfide) groups is 1. The van der Waals surface area contributed by atoms with E-state index in [9.17, 15) is 0 Å². The average Bonchev–Trinajstić information content (AvgIpc) is 2.97. The molecule has 4 rings (SSSR count). The molecular weight excluding hydrogens is 370 g/mol. The Kier molecular flexibility index (Phi) is 3.85. The summed E-state index contributed by atoms with van der Waals surface area (Å²) in [4.78, 5) is 4.66. The fourth-order valence-corrected chi connectivity index (χ4v) is 3.92. The molecule has 0 fully saturated rings. The Hall–Kier alpha value is -1.25. The van der Waals surface area contributed by atoms with Crippen LogP contribution in [0.3, 0.4) is 0 Å². The zero-order chi connectivity index (χ0) is 13.7. The predicted octanol–water partition coefficient (Wildman–Crippen LogP) is -0.327. The summed E-state index contributed by atoms with van der Waals surface area (Å²) < 4.78 is 1.96. The number of hydrogen-bond donors (Lipinski definition) is 0. The molecule has 0 bridgehead atoms. The molecule has 8 heteroatoms. The Bertz CT molecular complexity index is 740. The minimum Gasteiger partial charge on any atom is -1.00 e. The molecule has 108 valence electrons. The summed E-state index contributed by atoms with van der Waals surface area (Å²) in [5.41, 5.74) is 1.16. The highest BCUT2D eigenvalue weighted by Crippen LogP contribution is 2.36. The molecular formula is C13H12BrN5S2. The number of halogens is 1. The van der Waals surface area contributed by atoms with Gasteiger partial charge in [0.25, 0.3) is 0 Å². The molecule has 0 radical (unpaired) electrons. The van der Waals surface area contributed by atoms with Crippen LogP contribution in [-0.2, 0) is 0 Å². The Labute approximate surface area is 141 Å². The van der Waals surface area contributed by atoms with Crippen molar-refractivity contribution in [3.63, 3.8) is 0 Å². The summed E-state index contributed by atoms with van der Waals surface area (Å²) in [7, 11) is 0. The first-order valence-corrected chi connectivity index (χ1v) is 7.91. The maximum Gasteiger partial charge on any atom is 0.409 e. The summed E-state index contributed by atoms with van der Waals surface area (Å²) in [6.45, 7) is 4.01. The van der Waals surface area contributed by atoms with E-state index < -0.39 is 0 Å². The number of aryl methyl sites for hydroxylation is 1. The van der Waals surface area contributed by atoms with Crippen molar-refractivity contribution in [2.75, 3.05) is 0 Å². The molecule has 1 aromatic heterocycles. The number of benzene rings is 1. The van der Waals surface area contributed by atoms with Crippen molar-refractivity contribution in [2.45, 2.75) is 20.0 Å². The zero-order valence-electron chi connectivity index (χ0n) is 11.4. The minimum absolute atomic E-state index is 0. The van der Waals surface area contributed by atoms with Crippen molar-refractivity contribution in [3.8, 4) is 0 Å². The van der Waals surface area contributed by atoms with E-state index in [0.717, 1.165) is 25.9 Å². The van der Waals surface area contributed by atoms with Gasteiger partial charge in [-0.05, 0) is 36.9 Å². The van der Waals surface area contributed by atoms with Gasteiger partial charge in [0.1, 0.15) is 10.1 Å². The topological polar surface area (TPSA) is 44.7 Å². The second-order valence-corrected chi connectivity index (χ2v) is 6.91. The van der Waals surface area contributed by atoms with Crippen LogP contribution >= 0.6 is 23.1 Å². The van der Waals surface area contributed by atoms with Gasteiger partial charge in [-0.1, -0.05) is 40.1 Å². The lowest BCUT2D eigenvalue weighted by atomic mass is 10.1. The summed E-state index contributed by atoms with van der Waals surface area (Å²) in [6, 6.07) is 10.3. The maximum absolute atomic E-state index is 4.66. The Morgan fingerprint density at radius 3 is 2.71 bits per heavy atom. The van der Waals surface area contributed by atoms with Gasteiger partial charge >= 0.3 is 10.3 Å². The monoisotopic (exact) mass is 381 g/mol. The van der Waals surface area contributed by atoms with Crippen LogP contribution in [0.2, 0.25) is 0 Å². The Morgan fingerprint density at radius 2 is 1.95 bits per heavy atom. The molecule has 0 saturated carbocycles. The number of hydrazone groups is 1.